The molecule has 1 aliphatic heterocycles. The van der Waals surface area contributed by atoms with Gasteiger partial charge in [-0.15, -0.1) is 0 Å². The summed E-state index contributed by atoms with van der Waals surface area (Å²) in [5.41, 5.74) is 0.780. The molecule has 0 aromatic carbocycles. The summed E-state index contributed by atoms with van der Waals surface area (Å²) >= 11 is 0. The minimum Gasteiger partial charge on any atom is -0.378 e. The summed E-state index contributed by atoms with van der Waals surface area (Å²) in [4.78, 5) is 23.2. The molecule has 1 amide bonds. The highest BCUT2D eigenvalue weighted by molar-refractivity contribution is 5.90. The zero-order chi connectivity index (χ0) is 17.8. The van der Waals surface area contributed by atoms with Gasteiger partial charge in [0.1, 0.15) is 5.82 Å². The van der Waals surface area contributed by atoms with Gasteiger partial charge in [0, 0.05) is 30.9 Å². The summed E-state index contributed by atoms with van der Waals surface area (Å²) in [6.45, 7) is 2.99. The van der Waals surface area contributed by atoms with Gasteiger partial charge < -0.3 is 19.5 Å². The molecule has 2 fully saturated rings. The van der Waals surface area contributed by atoms with Crippen molar-refractivity contribution in [1.82, 2.24) is 20.4 Å². The molecule has 1 aliphatic carbocycles. The Labute approximate surface area is 151 Å². The van der Waals surface area contributed by atoms with E-state index in [0.717, 1.165) is 50.2 Å². The van der Waals surface area contributed by atoms with E-state index >= 15 is 0 Å². The summed E-state index contributed by atoms with van der Waals surface area (Å²) in [7, 11) is 0. The van der Waals surface area contributed by atoms with Gasteiger partial charge in [0.15, 0.2) is 0 Å². The number of morpholine rings is 1. The van der Waals surface area contributed by atoms with Crippen molar-refractivity contribution in [3.63, 3.8) is 0 Å². The number of nitrogens with zero attached hydrogens (tertiary/aromatic N) is 4. The van der Waals surface area contributed by atoms with Gasteiger partial charge >= 0.3 is 11.8 Å². The number of rotatable bonds is 4. The van der Waals surface area contributed by atoms with E-state index in [0.29, 0.717) is 19.0 Å². The Morgan fingerprint density at radius 2 is 2.00 bits per heavy atom. The van der Waals surface area contributed by atoms with Crippen LogP contribution in [0.3, 0.4) is 0 Å². The summed E-state index contributed by atoms with van der Waals surface area (Å²) in [6, 6.07) is 3.94. The molecule has 2 aromatic heterocycles. The van der Waals surface area contributed by atoms with Crippen molar-refractivity contribution in [3.8, 4) is 11.4 Å². The fourth-order valence-corrected chi connectivity index (χ4v) is 3.45. The molecule has 2 aliphatic rings. The lowest BCUT2D eigenvalue weighted by atomic mass is 9.95. The average Bonchev–Trinajstić information content (AvgIpc) is 3.20. The number of carbonyl (C=O) groups excluding carboxylic acids is 1. The molecule has 1 saturated heterocycles. The van der Waals surface area contributed by atoms with Crippen molar-refractivity contribution in [2.24, 2.45) is 0 Å². The molecule has 8 heteroatoms. The van der Waals surface area contributed by atoms with Crippen molar-refractivity contribution in [3.05, 3.63) is 24.2 Å². The predicted octanol–water partition coefficient (Wildman–Crippen LogP) is 2.03. The maximum Gasteiger partial charge on any atom is 0.316 e. The molecule has 26 heavy (non-hydrogen) atoms. The van der Waals surface area contributed by atoms with Gasteiger partial charge in [0.25, 0.3) is 0 Å². The van der Waals surface area contributed by atoms with Crippen LogP contribution >= 0.6 is 0 Å². The van der Waals surface area contributed by atoms with Crippen LogP contribution in [0.15, 0.2) is 22.9 Å². The van der Waals surface area contributed by atoms with E-state index in [1.807, 2.05) is 12.1 Å². The topological polar surface area (TPSA) is 93.4 Å². The van der Waals surface area contributed by atoms with Gasteiger partial charge in [-0.3, -0.25) is 4.79 Å². The molecule has 1 saturated carbocycles. The van der Waals surface area contributed by atoms with E-state index in [1.54, 1.807) is 6.20 Å². The average molecular weight is 357 g/mol. The molecule has 3 heterocycles. The molecule has 4 rings (SSSR count). The van der Waals surface area contributed by atoms with Crippen LogP contribution in [0.25, 0.3) is 11.4 Å². The normalized spacial score (nSPS) is 18.7. The second-order valence-corrected chi connectivity index (χ2v) is 6.73. The van der Waals surface area contributed by atoms with Crippen molar-refractivity contribution in [1.29, 1.82) is 0 Å². The third-order valence-electron chi connectivity index (χ3n) is 4.90. The first-order valence-electron chi connectivity index (χ1n) is 9.23. The Morgan fingerprint density at radius 3 is 2.81 bits per heavy atom. The van der Waals surface area contributed by atoms with Crippen LogP contribution in [0.5, 0.6) is 0 Å². The smallest absolute Gasteiger partial charge is 0.316 e. The van der Waals surface area contributed by atoms with Gasteiger partial charge in [-0.2, -0.15) is 4.98 Å². The highest BCUT2D eigenvalue weighted by atomic mass is 16.5. The van der Waals surface area contributed by atoms with E-state index < -0.39 is 0 Å². The van der Waals surface area contributed by atoms with Crippen LogP contribution in [0.1, 0.15) is 42.8 Å². The number of aromatic nitrogens is 3. The van der Waals surface area contributed by atoms with Crippen LogP contribution in [-0.2, 0) is 4.74 Å². The molecule has 0 atom stereocenters. The van der Waals surface area contributed by atoms with E-state index in [9.17, 15) is 4.79 Å². The first-order chi connectivity index (χ1) is 12.8. The van der Waals surface area contributed by atoms with Crippen molar-refractivity contribution >= 4 is 11.7 Å². The Hall–Kier alpha value is -2.48. The van der Waals surface area contributed by atoms with Gasteiger partial charge in [0.05, 0.1) is 13.2 Å². The van der Waals surface area contributed by atoms with Crippen LogP contribution in [0, 0.1) is 0 Å². The highest BCUT2D eigenvalue weighted by Crippen LogP contribution is 2.22. The third kappa shape index (κ3) is 3.85. The van der Waals surface area contributed by atoms with Gasteiger partial charge in [-0.1, -0.05) is 24.4 Å². The number of anilines is 1. The van der Waals surface area contributed by atoms with E-state index in [1.165, 1.54) is 6.42 Å². The molecule has 0 spiro atoms. The van der Waals surface area contributed by atoms with Crippen LogP contribution < -0.4 is 10.2 Å². The molecule has 2 aromatic rings. The minimum atomic E-state index is -0.293. The number of amides is 1. The Morgan fingerprint density at radius 1 is 1.19 bits per heavy atom. The number of nitrogens with one attached hydrogen (secondary N) is 1. The fourth-order valence-electron chi connectivity index (χ4n) is 3.45. The first-order valence-corrected chi connectivity index (χ1v) is 9.23. The lowest BCUT2D eigenvalue weighted by Gasteiger charge is -2.27. The Balaban J connectivity index is 1.46. The molecule has 0 radical (unpaired) electrons. The predicted molar refractivity (Wildman–Crippen MR) is 94.9 cm³/mol. The number of pyridine rings is 1. The first kappa shape index (κ1) is 17.0. The zero-order valence-electron chi connectivity index (χ0n) is 14.7. The quantitative estimate of drug-likeness (QED) is 0.895. The van der Waals surface area contributed by atoms with Gasteiger partial charge in [-0.05, 0) is 25.0 Å². The maximum absolute atomic E-state index is 12.3. The maximum atomic E-state index is 12.3. The minimum absolute atomic E-state index is 0.00954. The third-order valence-corrected chi connectivity index (χ3v) is 4.90. The monoisotopic (exact) mass is 357 g/mol. The Bertz CT molecular complexity index is 751. The van der Waals surface area contributed by atoms with E-state index in [-0.39, 0.29) is 17.8 Å². The molecule has 1 N–H and O–H groups in total. The molecule has 8 nitrogen and oxygen atoms in total. The van der Waals surface area contributed by atoms with Crippen molar-refractivity contribution in [2.75, 3.05) is 31.2 Å². The van der Waals surface area contributed by atoms with Gasteiger partial charge in [0.2, 0.25) is 5.82 Å². The molecular weight excluding hydrogens is 334 g/mol. The second-order valence-electron chi connectivity index (χ2n) is 6.73. The number of carbonyl (C=O) groups is 1. The molecule has 138 valence electrons. The number of ether oxygens (including phenoxy) is 1. The second kappa shape index (κ2) is 7.82. The highest BCUT2D eigenvalue weighted by Gasteiger charge is 2.22. The lowest BCUT2D eigenvalue weighted by molar-refractivity contribution is 0.0883. The van der Waals surface area contributed by atoms with Crippen molar-refractivity contribution in [2.45, 2.75) is 38.1 Å². The summed E-state index contributed by atoms with van der Waals surface area (Å²) in [5, 5.41) is 6.96. The number of hydrogen-bond acceptors (Lipinski definition) is 7. The summed E-state index contributed by atoms with van der Waals surface area (Å²) in [5.74, 6) is 0.966. The van der Waals surface area contributed by atoms with Gasteiger partial charge in [-0.25, -0.2) is 4.98 Å². The molecule has 0 unspecified atom stereocenters. The summed E-state index contributed by atoms with van der Waals surface area (Å²) in [6.07, 6.45) is 7.30. The van der Waals surface area contributed by atoms with Crippen LogP contribution in [0.2, 0.25) is 0 Å². The molecular formula is C18H23N5O3. The zero-order valence-corrected chi connectivity index (χ0v) is 14.7. The standard InChI is InChI=1S/C18H23N5O3/c24-17(20-14-4-2-1-3-5-14)18-21-16(22-26-18)13-6-7-19-15(12-13)23-8-10-25-11-9-23/h6-7,12,14H,1-5,8-11H2,(H,20,24). The fraction of sp³-hybridized carbons (Fsp3) is 0.556. The Kier molecular flexibility index (Phi) is 5.10. The summed E-state index contributed by atoms with van der Waals surface area (Å²) < 4.78 is 10.6. The van der Waals surface area contributed by atoms with Crippen molar-refractivity contribution < 1.29 is 14.1 Å². The van der Waals surface area contributed by atoms with E-state index in [4.69, 9.17) is 9.26 Å². The SMILES string of the molecule is O=C(NC1CCCCC1)c1nc(-c2ccnc(N3CCOCC3)c2)no1. The largest absolute Gasteiger partial charge is 0.378 e. The lowest BCUT2D eigenvalue weighted by Crippen LogP contribution is -2.36. The molecule has 0 bridgehead atoms. The van der Waals surface area contributed by atoms with Crippen LogP contribution in [0.4, 0.5) is 5.82 Å². The number of hydrogen-bond donors (Lipinski definition) is 1. The van der Waals surface area contributed by atoms with Crippen LogP contribution in [-0.4, -0.2) is 53.4 Å². The van der Waals surface area contributed by atoms with E-state index in [2.05, 4.69) is 25.3 Å².